The number of nitrogens with one attached hydrogen (secondary N) is 2. The van der Waals surface area contributed by atoms with Gasteiger partial charge in [-0.2, -0.15) is 5.10 Å². The maximum Gasteiger partial charge on any atom is 0.148 e. The second kappa shape index (κ2) is 8.17. The lowest BCUT2D eigenvalue weighted by atomic mass is 9.94. The highest BCUT2D eigenvalue weighted by Gasteiger charge is 2.34. The van der Waals surface area contributed by atoms with Crippen molar-refractivity contribution in [1.82, 2.24) is 15.1 Å². The zero-order chi connectivity index (χ0) is 16.4. The van der Waals surface area contributed by atoms with Crippen molar-refractivity contribution in [2.24, 2.45) is 5.92 Å². The summed E-state index contributed by atoms with van der Waals surface area (Å²) in [4.78, 5) is 0. The van der Waals surface area contributed by atoms with Gasteiger partial charge in [0.25, 0.3) is 0 Å². The van der Waals surface area contributed by atoms with Crippen molar-refractivity contribution in [3.05, 3.63) is 42.5 Å². The van der Waals surface area contributed by atoms with Crippen LogP contribution in [0.3, 0.4) is 0 Å². The molecule has 1 aromatic heterocycles. The number of rotatable bonds is 4. The fourth-order valence-corrected chi connectivity index (χ4v) is 3.89. The van der Waals surface area contributed by atoms with Crippen LogP contribution in [-0.2, 0) is 4.74 Å². The Morgan fingerprint density at radius 2 is 2.16 bits per heavy atom. The minimum Gasteiger partial charge on any atom is -0.379 e. The van der Waals surface area contributed by atoms with E-state index < -0.39 is 0 Å². The Hall–Kier alpha value is -1.63. The number of hydrogen-bond acceptors (Lipinski definition) is 4. The van der Waals surface area contributed by atoms with Crippen LogP contribution < -0.4 is 10.6 Å². The van der Waals surface area contributed by atoms with E-state index in [4.69, 9.17) is 4.74 Å². The van der Waals surface area contributed by atoms with Gasteiger partial charge in [0, 0.05) is 18.6 Å². The molecule has 2 aliphatic rings. The van der Waals surface area contributed by atoms with Crippen molar-refractivity contribution in [2.45, 2.75) is 31.3 Å². The number of benzene rings is 1. The van der Waals surface area contributed by atoms with Crippen LogP contribution in [-0.4, -0.2) is 41.6 Å². The zero-order valence-corrected chi connectivity index (χ0v) is 14.8. The van der Waals surface area contributed by atoms with Gasteiger partial charge in [-0.05, 0) is 30.9 Å². The largest absolute Gasteiger partial charge is 0.379 e. The Kier molecular flexibility index (Phi) is 5.93. The van der Waals surface area contributed by atoms with E-state index in [1.54, 1.807) is 23.0 Å². The minimum atomic E-state index is -0.269. The maximum absolute atomic E-state index is 13.9. The molecule has 1 aromatic carbocycles. The molecule has 0 amide bonds. The van der Waals surface area contributed by atoms with E-state index in [0.717, 1.165) is 31.9 Å². The number of aromatic nitrogens is 2. The van der Waals surface area contributed by atoms with Gasteiger partial charge in [-0.3, -0.25) is 0 Å². The van der Waals surface area contributed by atoms with Gasteiger partial charge in [0.1, 0.15) is 11.5 Å². The topological polar surface area (TPSA) is 51.1 Å². The molecule has 1 saturated heterocycles. The average Bonchev–Trinajstić information content (AvgIpc) is 3.26. The predicted octanol–water partition coefficient (Wildman–Crippen LogP) is 3.00. The number of morpholine rings is 1. The van der Waals surface area contributed by atoms with E-state index in [0.29, 0.717) is 23.7 Å². The van der Waals surface area contributed by atoms with Gasteiger partial charge in [0.2, 0.25) is 0 Å². The van der Waals surface area contributed by atoms with E-state index in [9.17, 15) is 4.39 Å². The second-order valence-corrected chi connectivity index (χ2v) is 6.61. The monoisotopic (exact) mass is 366 g/mol. The van der Waals surface area contributed by atoms with E-state index in [-0.39, 0.29) is 18.2 Å². The molecule has 25 heavy (non-hydrogen) atoms. The molecule has 2 fully saturated rings. The van der Waals surface area contributed by atoms with Crippen LogP contribution in [0.5, 0.6) is 0 Å². The number of anilines is 1. The molecule has 1 aliphatic carbocycles. The highest BCUT2D eigenvalue weighted by Crippen LogP contribution is 2.32. The van der Waals surface area contributed by atoms with E-state index in [2.05, 4.69) is 15.7 Å². The molecule has 3 atom stereocenters. The first-order valence-corrected chi connectivity index (χ1v) is 8.68. The molecule has 0 radical (unpaired) electrons. The summed E-state index contributed by atoms with van der Waals surface area (Å²) in [5.74, 6) is 0.288. The molecule has 2 N–H and O–H groups in total. The maximum atomic E-state index is 13.9. The van der Waals surface area contributed by atoms with Crippen molar-refractivity contribution in [2.75, 3.05) is 25.1 Å². The zero-order valence-electron chi connectivity index (χ0n) is 14.0. The SMILES string of the molecule is Cl.Fc1ccccc1-n1cc(NC2CCCC2C2COCCN2)cn1. The fourth-order valence-electron chi connectivity index (χ4n) is 3.89. The Labute approximate surface area is 153 Å². The third kappa shape index (κ3) is 3.97. The number of nitrogens with zero attached hydrogens (tertiary/aromatic N) is 2. The fraction of sp³-hybridized carbons (Fsp3) is 0.500. The molecular weight excluding hydrogens is 343 g/mol. The standard InChI is InChI=1S/C18H23FN4O.ClH/c19-15-5-1-2-7-18(15)23-11-13(10-21-23)22-16-6-3-4-14(16)17-12-24-9-8-20-17;/h1-2,5,7,10-11,14,16-17,20,22H,3-4,6,8-9,12H2;1H. The first-order valence-electron chi connectivity index (χ1n) is 8.68. The number of halogens is 2. The Morgan fingerprint density at radius 1 is 1.28 bits per heavy atom. The smallest absolute Gasteiger partial charge is 0.148 e. The summed E-state index contributed by atoms with van der Waals surface area (Å²) < 4.78 is 21.1. The highest BCUT2D eigenvalue weighted by molar-refractivity contribution is 5.85. The van der Waals surface area contributed by atoms with Crippen molar-refractivity contribution >= 4 is 18.1 Å². The highest BCUT2D eigenvalue weighted by atomic mass is 35.5. The molecule has 0 spiro atoms. The average molecular weight is 367 g/mol. The normalized spacial score (nSPS) is 26.2. The van der Waals surface area contributed by atoms with Gasteiger partial charge in [-0.1, -0.05) is 18.6 Å². The van der Waals surface area contributed by atoms with Gasteiger partial charge >= 0.3 is 0 Å². The molecule has 1 saturated carbocycles. The molecule has 3 unspecified atom stereocenters. The predicted molar refractivity (Wildman–Crippen MR) is 98.1 cm³/mol. The summed E-state index contributed by atoms with van der Waals surface area (Å²) in [5.41, 5.74) is 1.41. The minimum absolute atomic E-state index is 0. The van der Waals surface area contributed by atoms with Gasteiger partial charge in [0.05, 0.1) is 31.3 Å². The third-order valence-corrected chi connectivity index (χ3v) is 5.07. The first-order chi connectivity index (χ1) is 11.8. The van der Waals surface area contributed by atoms with Crippen LogP contribution in [0.4, 0.5) is 10.1 Å². The number of para-hydroxylation sites is 1. The van der Waals surface area contributed by atoms with Gasteiger partial charge in [0.15, 0.2) is 0 Å². The van der Waals surface area contributed by atoms with Gasteiger partial charge in [-0.25, -0.2) is 9.07 Å². The van der Waals surface area contributed by atoms with E-state index >= 15 is 0 Å². The lowest BCUT2D eigenvalue weighted by Gasteiger charge is -2.33. The summed E-state index contributed by atoms with van der Waals surface area (Å²) in [6.45, 7) is 2.52. The molecule has 4 rings (SSSR count). The van der Waals surface area contributed by atoms with E-state index in [1.165, 1.54) is 18.9 Å². The van der Waals surface area contributed by atoms with Crippen LogP contribution in [0.25, 0.3) is 5.69 Å². The van der Waals surface area contributed by atoms with Crippen LogP contribution in [0.15, 0.2) is 36.7 Å². The molecule has 1 aliphatic heterocycles. The van der Waals surface area contributed by atoms with Crippen molar-refractivity contribution in [3.8, 4) is 5.69 Å². The molecule has 2 aromatic rings. The lowest BCUT2D eigenvalue weighted by molar-refractivity contribution is 0.0559. The summed E-state index contributed by atoms with van der Waals surface area (Å²) in [5, 5.41) is 11.5. The molecule has 7 heteroatoms. The quantitative estimate of drug-likeness (QED) is 0.873. The van der Waals surface area contributed by atoms with Crippen molar-refractivity contribution < 1.29 is 9.13 Å². The van der Waals surface area contributed by atoms with Crippen molar-refractivity contribution in [1.29, 1.82) is 0 Å². The summed E-state index contributed by atoms with van der Waals surface area (Å²) in [7, 11) is 0. The summed E-state index contributed by atoms with van der Waals surface area (Å²) >= 11 is 0. The Morgan fingerprint density at radius 3 is 2.96 bits per heavy atom. The Balaban J connectivity index is 0.00000182. The van der Waals surface area contributed by atoms with Crippen molar-refractivity contribution in [3.63, 3.8) is 0 Å². The van der Waals surface area contributed by atoms with E-state index in [1.807, 2.05) is 12.3 Å². The van der Waals surface area contributed by atoms with Crippen LogP contribution in [0, 0.1) is 11.7 Å². The molecule has 2 heterocycles. The summed E-state index contributed by atoms with van der Waals surface area (Å²) in [6, 6.07) is 7.50. The van der Waals surface area contributed by atoms with Crippen LogP contribution in [0.1, 0.15) is 19.3 Å². The third-order valence-electron chi connectivity index (χ3n) is 5.07. The summed E-state index contributed by atoms with van der Waals surface area (Å²) in [6.07, 6.45) is 7.21. The molecule has 136 valence electrons. The van der Waals surface area contributed by atoms with Crippen LogP contribution in [0.2, 0.25) is 0 Å². The van der Waals surface area contributed by atoms with Gasteiger partial charge < -0.3 is 15.4 Å². The molecule has 5 nitrogen and oxygen atoms in total. The molecular formula is C18H24ClFN4O. The lowest BCUT2D eigenvalue weighted by Crippen LogP contribution is -2.49. The number of ether oxygens (including phenoxy) is 1. The second-order valence-electron chi connectivity index (χ2n) is 6.61. The number of hydrogen-bond donors (Lipinski definition) is 2. The van der Waals surface area contributed by atoms with Crippen LogP contribution >= 0.6 is 12.4 Å². The first kappa shape index (κ1) is 18.2. The molecule has 0 bridgehead atoms. The Bertz CT molecular complexity index is 689. The van der Waals surface area contributed by atoms with Gasteiger partial charge in [-0.15, -0.1) is 12.4 Å².